The van der Waals surface area contributed by atoms with Gasteiger partial charge in [-0.25, -0.2) is 0 Å². The summed E-state index contributed by atoms with van der Waals surface area (Å²) in [6, 6.07) is 21.2. The monoisotopic (exact) mass is 407 g/mol. The Balaban J connectivity index is 1.67. The number of hydrogen-bond donors (Lipinski definition) is 1. The molecular weight excluding hydrogens is 382 g/mol. The minimum Gasteiger partial charge on any atom is -0.493 e. The second-order valence-electron chi connectivity index (χ2n) is 6.52. The number of rotatable bonds is 9. The van der Waals surface area contributed by atoms with Gasteiger partial charge in [0.15, 0.2) is 18.1 Å². The zero-order valence-corrected chi connectivity index (χ0v) is 17.3. The highest BCUT2D eigenvalue weighted by atomic mass is 16.5. The minimum atomic E-state index is -0.293. The topological polar surface area (TPSA) is 66.0 Å². The molecule has 0 aliphatic rings. The van der Waals surface area contributed by atoms with Gasteiger partial charge in [-0.15, -0.1) is 0 Å². The lowest BCUT2D eigenvalue weighted by Gasteiger charge is -2.15. The number of methoxy groups -OCH3 is 3. The molecule has 1 N–H and O–H groups in total. The first-order valence-corrected chi connectivity index (χ1v) is 9.49. The maximum absolute atomic E-state index is 12.5. The standard InChI is InChI=1S/C24H25NO5/c1-27-21-14-19(15-22(28-2)24(21)29-3)25-23(26)16-30-20-12-8-7-11-18(20)13-17-9-5-4-6-10-17/h4-12,14-15H,13,16H2,1-3H3,(H,25,26). The fourth-order valence-corrected chi connectivity index (χ4v) is 3.10. The quantitative estimate of drug-likeness (QED) is 0.572. The summed E-state index contributed by atoms with van der Waals surface area (Å²) in [5, 5.41) is 2.80. The van der Waals surface area contributed by atoms with Gasteiger partial charge in [0.1, 0.15) is 5.75 Å². The van der Waals surface area contributed by atoms with Crippen molar-refractivity contribution in [3.63, 3.8) is 0 Å². The fourth-order valence-electron chi connectivity index (χ4n) is 3.10. The first kappa shape index (κ1) is 21.0. The van der Waals surface area contributed by atoms with E-state index in [1.165, 1.54) is 26.9 Å². The molecule has 3 rings (SSSR count). The molecule has 0 aromatic heterocycles. The highest BCUT2D eigenvalue weighted by Gasteiger charge is 2.15. The second kappa shape index (κ2) is 10.2. The first-order chi connectivity index (χ1) is 14.6. The van der Waals surface area contributed by atoms with Gasteiger partial charge in [-0.3, -0.25) is 4.79 Å². The van der Waals surface area contributed by atoms with Crippen molar-refractivity contribution >= 4 is 11.6 Å². The van der Waals surface area contributed by atoms with Crippen LogP contribution in [0.25, 0.3) is 0 Å². The van der Waals surface area contributed by atoms with Crippen LogP contribution in [0, 0.1) is 0 Å². The third-order valence-corrected chi connectivity index (χ3v) is 4.52. The van der Waals surface area contributed by atoms with E-state index in [2.05, 4.69) is 17.4 Å². The molecule has 3 aromatic rings. The van der Waals surface area contributed by atoms with Crippen LogP contribution in [-0.2, 0) is 11.2 Å². The average Bonchev–Trinajstić information content (AvgIpc) is 2.78. The van der Waals surface area contributed by atoms with E-state index < -0.39 is 0 Å². The van der Waals surface area contributed by atoms with Crippen molar-refractivity contribution < 1.29 is 23.7 Å². The average molecular weight is 407 g/mol. The highest BCUT2D eigenvalue weighted by Crippen LogP contribution is 2.39. The van der Waals surface area contributed by atoms with Crippen LogP contribution in [0.5, 0.6) is 23.0 Å². The molecule has 0 unspecified atom stereocenters. The summed E-state index contributed by atoms with van der Waals surface area (Å²) in [7, 11) is 4.57. The molecule has 1 amide bonds. The maximum atomic E-state index is 12.5. The Kier molecular flexibility index (Phi) is 7.16. The van der Waals surface area contributed by atoms with E-state index in [1.807, 2.05) is 42.5 Å². The summed E-state index contributed by atoms with van der Waals surface area (Å²) in [5.41, 5.74) is 2.72. The maximum Gasteiger partial charge on any atom is 0.262 e. The van der Waals surface area contributed by atoms with Crippen LogP contribution in [0.1, 0.15) is 11.1 Å². The second-order valence-corrected chi connectivity index (χ2v) is 6.52. The molecule has 3 aromatic carbocycles. The Hall–Kier alpha value is -3.67. The number of para-hydroxylation sites is 1. The van der Waals surface area contributed by atoms with Crippen LogP contribution in [0.3, 0.4) is 0 Å². The summed E-state index contributed by atoms with van der Waals surface area (Å²) in [6.45, 7) is -0.123. The van der Waals surface area contributed by atoms with Crippen molar-refractivity contribution in [2.45, 2.75) is 6.42 Å². The third-order valence-electron chi connectivity index (χ3n) is 4.52. The van der Waals surface area contributed by atoms with E-state index in [1.54, 1.807) is 12.1 Å². The molecule has 0 radical (unpaired) electrons. The van der Waals surface area contributed by atoms with Crippen molar-refractivity contribution in [2.75, 3.05) is 33.3 Å². The normalized spacial score (nSPS) is 10.2. The molecule has 0 spiro atoms. The van der Waals surface area contributed by atoms with Crippen LogP contribution in [-0.4, -0.2) is 33.8 Å². The van der Waals surface area contributed by atoms with Gasteiger partial charge >= 0.3 is 0 Å². The van der Waals surface area contributed by atoms with Gasteiger partial charge in [-0.05, 0) is 17.2 Å². The summed E-state index contributed by atoms with van der Waals surface area (Å²) >= 11 is 0. The Bertz CT molecular complexity index is 963. The zero-order chi connectivity index (χ0) is 21.3. The summed E-state index contributed by atoms with van der Waals surface area (Å²) in [6.07, 6.45) is 0.728. The van der Waals surface area contributed by atoms with E-state index in [4.69, 9.17) is 18.9 Å². The number of benzene rings is 3. The molecular formula is C24H25NO5. The van der Waals surface area contributed by atoms with Crippen LogP contribution in [0.2, 0.25) is 0 Å². The van der Waals surface area contributed by atoms with Crippen LogP contribution >= 0.6 is 0 Å². The van der Waals surface area contributed by atoms with E-state index in [0.29, 0.717) is 28.7 Å². The number of carbonyl (C=O) groups excluding carboxylic acids is 1. The van der Waals surface area contributed by atoms with Crippen LogP contribution in [0.4, 0.5) is 5.69 Å². The summed E-state index contributed by atoms with van der Waals surface area (Å²) in [4.78, 5) is 12.5. The van der Waals surface area contributed by atoms with Crippen LogP contribution in [0.15, 0.2) is 66.7 Å². The Morgan fingerprint density at radius 3 is 2.07 bits per heavy atom. The Morgan fingerprint density at radius 2 is 1.43 bits per heavy atom. The molecule has 0 bridgehead atoms. The summed E-state index contributed by atoms with van der Waals surface area (Å²) in [5.74, 6) is 1.77. The number of ether oxygens (including phenoxy) is 4. The smallest absolute Gasteiger partial charge is 0.262 e. The Labute approximate surface area is 176 Å². The molecule has 0 saturated carbocycles. The fraction of sp³-hybridized carbons (Fsp3) is 0.208. The molecule has 0 fully saturated rings. The lowest BCUT2D eigenvalue weighted by atomic mass is 10.0. The molecule has 0 aliphatic heterocycles. The van der Waals surface area contributed by atoms with E-state index >= 15 is 0 Å². The highest BCUT2D eigenvalue weighted by molar-refractivity contribution is 5.92. The largest absolute Gasteiger partial charge is 0.493 e. The summed E-state index contributed by atoms with van der Waals surface area (Å²) < 4.78 is 21.7. The van der Waals surface area contributed by atoms with Crippen molar-refractivity contribution in [1.29, 1.82) is 0 Å². The van der Waals surface area contributed by atoms with Gasteiger partial charge in [-0.1, -0.05) is 48.5 Å². The SMILES string of the molecule is COc1cc(NC(=O)COc2ccccc2Cc2ccccc2)cc(OC)c1OC. The van der Waals surface area contributed by atoms with Crippen LogP contribution < -0.4 is 24.3 Å². The van der Waals surface area contributed by atoms with E-state index in [0.717, 1.165) is 12.0 Å². The lowest BCUT2D eigenvalue weighted by molar-refractivity contribution is -0.118. The molecule has 156 valence electrons. The Morgan fingerprint density at radius 1 is 0.800 bits per heavy atom. The number of carbonyl (C=O) groups is 1. The van der Waals surface area contributed by atoms with Gasteiger partial charge in [0.25, 0.3) is 5.91 Å². The first-order valence-electron chi connectivity index (χ1n) is 9.49. The van der Waals surface area contributed by atoms with Gasteiger partial charge < -0.3 is 24.3 Å². The number of hydrogen-bond acceptors (Lipinski definition) is 5. The van der Waals surface area contributed by atoms with Gasteiger partial charge in [0.05, 0.1) is 21.3 Å². The molecule has 0 heterocycles. The third kappa shape index (κ3) is 5.23. The van der Waals surface area contributed by atoms with E-state index in [-0.39, 0.29) is 12.5 Å². The number of nitrogens with one attached hydrogen (secondary N) is 1. The van der Waals surface area contributed by atoms with Crippen molar-refractivity contribution in [1.82, 2.24) is 0 Å². The molecule has 30 heavy (non-hydrogen) atoms. The molecule has 6 nitrogen and oxygen atoms in total. The minimum absolute atomic E-state index is 0.123. The molecule has 0 atom stereocenters. The molecule has 6 heteroatoms. The zero-order valence-electron chi connectivity index (χ0n) is 17.3. The van der Waals surface area contributed by atoms with Gasteiger partial charge in [-0.2, -0.15) is 0 Å². The lowest BCUT2D eigenvalue weighted by Crippen LogP contribution is -2.20. The van der Waals surface area contributed by atoms with Gasteiger partial charge in [0.2, 0.25) is 5.75 Å². The van der Waals surface area contributed by atoms with E-state index in [9.17, 15) is 4.79 Å². The predicted molar refractivity (Wildman–Crippen MR) is 116 cm³/mol. The molecule has 0 saturated heterocycles. The molecule has 0 aliphatic carbocycles. The van der Waals surface area contributed by atoms with Gasteiger partial charge in [0, 0.05) is 24.2 Å². The van der Waals surface area contributed by atoms with Crippen molar-refractivity contribution in [2.24, 2.45) is 0 Å². The van der Waals surface area contributed by atoms with Crippen molar-refractivity contribution in [3.8, 4) is 23.0 Å². The number of amides is 1. The predicted octanol–water partition coefficient (Wildman–Crippen LogP) is 4.32. The number of anilines is 1. The van der Waals surface area contributed by atoms with Crippen molar-refractivity contribution in [3.05, 3.63) is 77.9 Å².